The van der Waals surface area contributed by atoms with E-state index >= 15 is 0 Å². The second-order valence-electron chi connectivity index (χ2n) is 7.86. The van der Waals surface area contributed by atoms with E-state index in [2.05, 4.69) is 15.6 Å². The summed E-state index contributed by atoms with van der Waals surface area (Å²) in [6, 6.07) is -0.206. The van der Waals surface area contributed by atoms with Gasteiger partial charge in [-0.2, -0.15) is 13.2 Å². The van der Waals surface area contributed by atoms with Gasteiger partial charge in [-0.3, -0.25) is 4.99 Å². The summed E-state index contributed by atoms with van der Waals surface area (Å²) in [7, 11) is 0. The molecule has 0 aliphatic heterocycles. The fraction of sp³-hybridized carbons (Fsp3) is 0.944. The molecule has 0 radical (unpaired) electrons. The monoisotopic (exact) mass is 491 g/mol. The Morgan fingerprint density at radius 1 is 1.19 bits per heavy atom. The molecule has 2 aliphatic rings. The average Bonchev–Trinajstić information content (AvgIpc) is 2.55. The molecule has 0 aromatic rings. The Morgan fingerprint density at radius 2 is 1.92 bits per heavy atom. The molecule has 8 heteroatoms. The number of aliphatic imine (C=N–C) groups is 1. The Morgan fingerprint density at radius 3 is 2.54 bits per heavy atom. The van der Waals surface area contributed by atoms with Crippen molar-refractivity contribution in [2.45, 2.75) is 83.5 Å². The summed E-state index contributed by atoms with van der Waals surface area (Å²) in [6.45, 7) is 5.12. The summed E-state index contributed by atoms with van der Waals surface area (Å²) in [5, 5.41) is 16.6. The van der Waals surface area contributed by atoms with Gasteiger partial charge in [0.25, 0.3) is 0 Å². The summed E-state index contributed by atoms with van der Waals surface area (Å²) in [5.41, 5.74) is -0.248. The van der Waals surface area contributed by atoms with E-state index in [-0.39, 0.29) is 54.4 Å². The minimum Gasteiger partial charge on any atom is -0.392 e. The normalized spacial score (nSPS) is 33.3. The molecule has 0 amide bonds. The number of alkyl halides is 3. The van der Waals surface area contributed by atoms with E-state index in [1.165, 1.54) is 0 Å². The van der Waals surface area contributed by atoms with Crippen molar-refractivity contribution >= 4 is 29.9 Å². The van der Waals surface area contributed by atoms with Crippen molar-refractivity contribution in [1.82, 2.24) is 10.6 Å². The third-order valence-corrected chi connectivity index (χ3v) is 5.70. The van der Waals surface area contributed by atoms with E-state index in [1.54, 1.807) is 0 Å². The Hall–Kier alpha value is -0.250. The Bertz CT molecular complexity index is 461. The quantitative estimate of drug-likeness (QED) is 0.314. The van der Waals surface area contributed by atoms with Crippen LogP contribution in [0, 0.1) is 11.3 Å². The fourth-order valence-corrected chi connectivity index (χ4v) is 3.96. The number of nitrogens with zero attached hydrogens (tertiary/aromatic N) is 1. The first-order valence-corrected chi connectivity index (χ1v) is 9.54. The summed E-state index contributed by atoms with van der Waals surface area (Å²) in [5.74, 6) is -0.659. The van der Waals surface area contributed by atoms with Gasteiger partial charge < -0.3 is 15.7 Å². The number of halogens is 4. The molecule has 4 unspecified atom stereocenters. The highest BCUT2D eigenvalue weighted by atomic mass is 127. The predicted molar refractivity (Wildman–Crippen MR) is 109 cm³/mol. The maximum Gasteiger partial charge on any atom is 0.391 e. The van der Waals surface area contributed by atoms with Gasteiger partial charge in [-0.15, -0.1) is 24.0 Å². The molecule has 2 rings (SSSR count). The van der Waals surface area contributed by atoms with Crippen LogP contribution >= 0.6 is 24.0 Å². The number of aliphatic hydroxyl groups excluding tert-OH is 1. The third-order valence-electron chi connectivity index (χ3n) is 5.70. The second-order valence-corrected chi connectivity index (χ2v) is 7.86. The Labute approximate surface area is 171 Å². The molecule has 4 atom stereocenters. The molecular weight excluding hydrogens is 458 g/mol. The number of guanidine groups is 1. The van der Waals surface area contributed by atoms with Crippen LogP contribution in [0.2, 0.25) is 0 Å². The molecular formula is C18H33F3IN3O. The number of hydrogen-bond acceptors (Lipinski definition) is 2. The first-order valence-electron chi connectivity index (χ1n) is 9.54. The van der Waals surface area contributed by atoms with Crippen LogP contribution < -0.4 is 10.6 Å². The largest absolute Gasteiger partial charge is 0.392 e. The zero-order valence-corrected chi connectivity index (χ0v) is 18.1. The fourth-order valence-electron chi connectivity index (χ4n) is 3.96. The van der Waals surface area contributed by atoms with Crippen molar-refractivity contribution in [3.05, 3.63) is 0 Å². The Balaban J connectivity index is 0.00000338. The summed E-state index contributed by atoms with van der Waals surface area (Å²) in [4.78, 5) is 4.59. The zero-order chi connectivity index (χ0) is 18.5. The van der Waals surface area contributed by atoms with Gasteiger partial charge in [0.2, 0.25) is 0 Å². The maximum absolute atomic E-state index is 13.0. The highest BCUT2D eigenvalue weighted by molar-refractivity contribution is 14.0. The van der Waals surface area contributed by atoms with Crippen molar-refractivity contribution in [3.63, 3.8) is 0 Å². The number of rotatable bonds is 4. The molecule has 0 aromatic heterocycles. The number of aliphatic hydroxyl groups is 1. The molecule has 0 heterocycles. The van der Waals surface area contributed by atoms with Crippen molar-refractivity contribution in [2.24, 2.45) is 16.3 Å². The van der Waals surface area contributed by atoms with Gasteiger partial charge in [0.05, 0.1) is 18.6 Å². The molecule has 0 spiro atoms. The topological polar surface area (TPSA) is 56.7 Å². The molecule has 2 saturated carbocycles. The summed E-state index contributed by atoms with van der Waals surface area (Å²) < 4.78 is 38.9. The molecule has 0 saturated heterocycles. The lowest BCUT2D eigenvalue weighted by molar-refractivity contribution is -0.183. The molecule has 4 nitrogen and oxygen atoms in total. The predicted octanol–water partition coefficient (Wildman–Crippen LogP) is 4.22. The second kappa shape index (κ2) is 10.3. The van der Waals surface area contributed by atoms with Crippen molar-refractivity contribution in [2.75, 3.05) is 13.1 Å². The number of nitrogens with one attached hydrogen (secondary N) is 2. The standard InChI is InChI=1S/C18H32F3N3O.HI/c1-3-22-16(23-12-17(2)10-5-4-9-15(17)25)24-14-8-6-7-13(11-14)18(19,20)21;/h13-15,25H,3-12H2,1-2H3,(H2,22,23,24);1H. The average molecular weight is 491 g/mol. The molecule has 3 N–H and O–H groups in total. The van der Waals surface area contributed by atoms with Gasteiger partial charge >= 0.3 is 6.18 Å². The van der Waals surface area contributed by atoms with Crippen LogP contribution in [0.5, 0.6) is 0 Å². The van der Waals surface area contributed by atoms with Crippen molar-refractivity contribution < 1.29 is 18.3 Å². The smallest absolute Gasteiger partial charge is 0.391 e. The van der Waals surface area contributed by atoms with Crippen LogP contribution in [-0.4, -0.2) is 42.5 Å². The van der Waals surface area contributed by atoms with Crippen molar-refractivity contribution in [1.29, 1.82) is 0 Å². The van der Waals surface area contributed by atoms with Crippen LogP contribution in [0.25, 0.3) is 0 Å². The van der Waals surface area contributed by atoms with Crippen LogP contribution in [0.15, 0.2) is 4.99 Å². The van der Waals surface area contributed by atoms with Crippen LogP contribution in [-0.2, 0) is 0 Å². The van der Waals surface area contributed by atoms with Crippen LogP contribution in [0.3, 0.4) is 0 Å². The van der Waals surface area contributed by atoms with E-state index in [4.69, 9.17) is 0 Å². The summed E-state index contributed by atoms with van der Waals surface area (Å²) >= 11 is 0. The van der Waals surface area contributed by atoms with Crippen LogP contribution in [0.4, 0.5) is 13.2 Å². The molecule has 26 heavy (non-hydrogen) atoms. The van der Waals surface area contributed by atoms with Gasteiger partial charge in [-0.25, -0.2) is 0 Å². The van der Waals surface area contributed by atoms with Gasteiger partial charge in [0, 0.05) is 18.0 Å². The summed E-state index contributed by atoms with van der Waals surface area (Å²) in [6.07, 6.45) is 1.01. The van der Waals surface area contributed by atoms with Gasteiger partial charge in [-0.1, -0.05) is 26.2 Å². The molecule has 0 aromatic carbocycles. The molecule has 0 bridgehead atoms. The van der Waals surface area contributed by atoms with Gasteiger partial charge in [0.15, 0.2) is 5.96 Å². The van der Waals surface area contributed by atoms with Gasteiger partial charge in [-0.05, 0) is 39.0 Å². The van der Waals surface area contributed by atoms with E-state index in [9.17, 15) is 18.3 Å². The molecule has 2 aliphatic carbocycles. The minimum atomic E-state index is -4.12. The Kier molecular flexibility index (Phi) is 9.46. The van der Waals surface area contributed by atoms with Crippen molar-refractivity contribution in [3.8, 4) is 0 Å². The maximum atomic E-state index is 13.0. The zero-order valence-electron chi connectivity index (χ0n) is 15.7. The first-order chi connectivity index (χ1) is 11.7. The third kappa shape index (κ3) is 6.73. The SMILES string of the molecule is CCNC(=NCC1(C)CCCCC1O)NC1CCCC(C(F)(F)F)C1.I. The molecule has 2 fully saturated rings. The van der Waals surface area contributed by atoms with E-state index in [0.717, 1.165) is 32.1 Å². The lowest BCUT2D eigenvalue weighted by Crippen LogP contribution is -2.47. The molecule has 154 valence electrons. The number of hydrogen-bond donors (Lipinski definition) is 3. The first kappa shape index (κ1) is 23.8. The minimum absolute atomic E-state index is 0. The van der Waals surface area contributed by atoms with Gasteiger partial charge in [0.1, 0.15) is 0 Å². The lowest BCUT2D eigenvalue weighted by Gasteiger charge is -2.37. The lowest BCUT2D eigenvalue weighted by atomic mass is 9.73. The van der Waals surface area contributed by atoms with E-state index in [0.29, 0.717) is 25.5 Å². The van der Waals surface area contributed by atoms with E-state index < -0.39 is 12.1 Å². The highest BCUT2D eigenvalue weighted by Crippen LogP contribution is 2.38. The van der Waals surface area contributed by atoms with Crippen LogP contribution in [0.1, 0.15) is 65.2 Å². The van der Waals surface area contributed by atoms with E-state index in [1.807, 2.05) is 13.8 Å². The highest BCUT2D eigenvalue weighted by Gasteiger charge is 2.42.